The van der Waals surface area contributed by atoms with Crippen LogP contribution in [0.2, 0.25) is 5.02 Å². The molecular weight excluding hydrogens is 792 g/mol. The Labute approximate surface area is 350 Å². The molecule has 4 aliphatic rings. The quantitative estimate of drug-likeness (QED) is 0.161. The first-order chi connectivity index (χ1) is 28.9. The number of pyridine rings is 1. The molecule has 2 aromatic heterocycles. The summed E-state index contributed by atoms with van der Waals surface area (Å²) in [6, 6.07) is 12.1. The molecule has 6 heterocycles. The van der Waals surface area contributed by atoms with E-state index in [1.54, 1.807) is 36.3 Å². The third-order valence-corrected chi connectivity index (χ3v) is 12.3. The highest BCUT2D eigenvalue weighted by Crippen LogP contribution is 2.32. The molecule has 0 saturated carbocycles. The maximum atomic E-state index is 13.6. The van der Waals surface area contributed by atoms with Crippen LogP contribution in [0.4, 0.5) is 23.1 Å². The molecule has 2 aromatic carbocycles. The fourth-order valence-electron chi connectivity index (χ4n) is 8.47. The van der Waals surface area contributed by atoms with Crippen LogP contribution in [0.1, 0.15) is 54.4 Å². The van der Waals surface area contributed by atoms with Crippen LogP contribution in [0.3, 0.4) is 0 Å². The summed E-state index contributed by atoms with van der Waals surface area (Å²) < 4.78 is 6.96. The molecule has 0 spiro atoms. The largest absolute Gasteiger partial charge is 0.478 e. The van der Waals surface area contributed by atoms with Crippen molar-refractivity contribution in [2.24, 2.45) is 18.9 Å². The number of likely N-dealkylation sites (N-methyl/N-ethyl adjacent to an activating group) is 1. The first-order valence-corrected chi connectivity index (χ1v) is 20.7. The van der Waals surface area contributed by atoms with Crippen LogP contribution in [-0.2, 0) is 32.8 Å². The number of hydrogen-bond donors (Lipinski definition) is 4. The van der Waals surface area contributed by atoms with Crippen molar-refractivity contribution in [3.63, 3.8) is 0 Å². The Kier molecular flexibility index (Phi) is 11.6. The first-order valence-electron chi connectivity index (χ1n) is 20.3. The van der Waals surface area contributed by atoms with Crippen LogP contribution in [0, 0.1) is 11.8 Å². The van der Waals surface area contributed by atoms with Crippen LogP contribution in [-0.4, -0.2) is 106 Å². The number of halogens is 1. The number of piperidine rings is 3. The fourth-order valence-corrected chi connectivity index (χ4v) is 8.61. The monoisotopic (exact) mass is 838 g/mol. The summed E-state index contributed by atoms with van der Waals surface area (Å²) in [4.78, 5) is 90.1. The van der Waals surface area contributed by atoms with E-state index in [1.165, 1.54) is 11.6 Å². The summed E-state index contributed by atoms with van der Waals surface area (Å²) in [5, 5.41) is 12.7. The summed E-state index contributed by atoms with van der Waals surface area (Å²) in [7, 11) is 3.14. The number of ether oxygens (including phenoxy) is 1. The number of benzene rings is 2. The Morgan fingerprint density at radius 3 is 2.47 bits per heavy atom. The number of likely N-dealkylation sites (tertiary alicyclic amines) is 1. The molecule has 314 valence electrons. The van der Waals surface area contributed by atoms with Gasteiger partial charge in [-0.3, -0.25) is 34.1 Å². The molecule has 3 fully saturated rings. The average Bonchev–Trinajstić information content (AvgIpc) is 3.58. The van der Waals surface area contributed by atoms with Crippen LogP contribution >= 0.6 is 11.6 Å². The second-order valence-corrected chi connectivity index (χ2v) is 16.2. The highest BCUT2D eigenvalue weighted by atomic mass is 35.5. The van der Waals surface area contributed by atoms with Crippen LogP contribution in [0.25, 0.3) is 10.9 Å². The number of fused-ring (bicyclic) bond motifs is 2. The van der Waals surface area contributed by atoms with Gasteiger partial charge in [-0.05, 0) is 86.1 Å². The predicted molar refractivity (Wildman–Crippen MR) is 224 cm³/mol. The van der Waals surface area contributed by atoms with Gasteiger partial charge in [-0.2, -0.15) is 4.98 Å². The zero-order chi connectivity index (χ0) is 42.1. The van der Waals surface area contributed by atoms with E-state index in [9.17, 15) is 28.8 Å². The smallest absolute Gasteiger partial charge is 0.293 e. The van der Waals surface area contributed by atoms with Crippen molar-refractivity contribution in [1.29, 1.82) is 0 Å². The van der Waals surface area contributed by atoms with E-state index in [0.717, 1.165) is 30.6 Å². The van der Waals surface area contributed by atoms with E-state index < -0.39 is 11.9 Å². The van der Waals surface area contributed by atoms with Gasteiger partial charge in [0, 0.05) is 88.0 Å². The molecule has 17 nitrogen and oxygen atoms in total. The van der Waals surface area contributed by atoms with Gasteiger partial charge in [-0.25, -0.2) is 4.98 Å². The minimum Gasteiger partial charge on any atom is -0.478 e. The molecule has 3 saturated heterocycles. The van der Waals surface area contributed by atoms with Gasteiger partial charge in [0.05, 0.1) is 11.7 Å². The van der Waals surface area contributed by atoms with Gasteiger partial charge in [0.1, 0.15) is 11.1 Å². The number of carbonyl (C=O) groups excluding carboxylic acids is 5. The summed E-state index contributed by atoms with van der Waals surface area (Å²) >= 11 is 6.54. The zero-order valence-electron chi connectivity index (χ0n) is 33.5. The zero-order valence-corrected chi connectivity index (χ0v) is 34.2. The van der Waals surface area contributed by atoms with Crippen molar-refractivity contribution in [3.05, 3.63) is 75.2 Å². The Balaban J connectivity index is 0.810. The maximum Gasteiger partial charge on any atom is 0.293 e. The van der Waals surface area contributed by atoms with Gasteiger partial charge in [-0.15, -0.1) is 0 Å². The van der Waals surface area contributed by atoms with Crippen LogP contribution in [0.15, 0.2) is 53.5 Å². The Bertz CT molecular complexity index is 2430. The molecule has 0 aliphatic carbocycles. The minimum absolute atomic E-state index is 0.0595. The number of nitrogens with one attached hydrogen (secondary N) is 4. The maximum absolute atomic E-state index is 13.6. The minimum atomic E-state index is -0.640. The number of nitrogens with zero attached hydrogens (tertiary/aromatic N) is 6. The van der Waals surface area contributed by atoms with Crippen molar-refractivity contribution in [3.8, 4) is 5.75 Å². The molecule has 1 atom stereocenters. The average molecular weight is 839 g/mol. The molecule has 8 rings (SSSR count). The number of carbonyl (C=O) groups is 5. The standard InChI is InChI=1S/C42H47ClN10O7/c1-44-36(55)23-60-34-19-26-17-29(4-6-32(26)50(2)41(34)59)47-37-31(43)21-46-42(49-37)52-15-11-25(12-16-52)39(57)51-13-9-24(10-14-51)20-45-28-3-5-30-27(18-28)22-53(40(30)58)33-7-8-35(54)48-38(33)56/h3-6,17-19,21,24-25,33,45H,7-16,20,22-23H2,1-2H3,(H,44,55)(H,46,47,49)(H,48,54,56). The Morgan fingerprint density at radius 2 is 1.72 bits per heavy atom. The SMILES string of the molecule is CNC(=O)COc1cc2cc(Nc3nc(N4CCC(C(=O)N5CCC(CNc6ccc7c(c6)CN(C6CCC(=O)NC6=O)C7=O)CC5)CC4)ncc3Cl)ccc2n(C)c1=O. The molecule has 0 radical (unpaired) electrons. The van der Waals surface area contributed by atoms with Gasteiger partial charge in [-0.1, -0.05) is 11.6 Å². The molecule has 4 aromatic rings. The van der Waals surface area contributed by atoms with E-state index in [0.29, 0.717) is 96.8 Å². The number of amides is 5. The number of aryl methyl sites for hydroxylation is 1. The molecule has 0 bridgehead atoms. The summed E-state index contributed by atoms with van der Waals surface area (Å²) in [6.07, 6.45) is 5.26. The van der Waals surface area contributed by atoms with E-state index in [1.807, 2.05) is 29.2 Å². The molecule has 60 heavy (non-hydrogen) atoms. The van der Waals surface area contributed by atoms with Gasteiger partial charge >= 0.3 is 0 Å². The topological polar surface area (TPSA) is 200 Å². The lowest BCUT2D eigenvalue weighted by molar-refractivity contribution is -0.138. The molecule has 18 heteroatoms. The van der Waals surface area contributed by atoms with Crippen molar-refractivity contribution in [2.45, 2.75) is 51.1 Å². The highest BCUT2D eigenvalue weighted by molar-refractivity contribution is 6.33. The van der Waals surface area contributed by atoms with E-state index in [-0.39, 0.29) is 53.9 Å². The summed E-state index contributed by atoms with van der Waals surface area (Å²) in [5.74, 6) is 0.240. The van der Waals surface area contributed by atoms with Gasteiger partial charge in [0.2, 0.25) is 23.7 Å². The van der Waals surface area contributed by atoms with Gasteiger partial charge in [0.25, 0.3) is 17.4 Å². The van der Waals surface area contributed by atoms with Gasteiger partial charge < -0.3 is 40.0 Å². The highest BCUT2D eigenvalue weighted by Gasteiger charge is 2.39. The predicted octanol–water partition coefficient (Wildman–Crippen LogP) is 3.18. The number of hydrogen-bond acceptors (Lipinski definition) is 12. The molecule has 5 amide bonds. The first kappa shape index (κ1) is 40.5. The van der Waals surface area contributed by atoms with E-state index in [4.69, 9.17) is 21.3 Å². The second-order valence-electron chi connectivity index (χ2n) is 15.8. The Morgan fingerprint density at radius 1 is 0.950 bits per heavy atom. The number of anilines is 4. The lowest BCUT2D eigenvalue weighted by atomic mass is 9.92. The van der Waals surface area contributed by atoms with Crippen molar-refractivity contribution < 1.29 is 28.7 Å². The van der Waals surface area contributed by atoms with Crippen LogP contribution in [0.5, 0.6) is 5.75 Å². The number of imide groups is 1. The molecule has 4 N–H and O–H groups in total. The van der Waals surface area contributed by atoms with Crippen molar-refractivity contribution in [2.75, 3.05) is 61.9 Å². The van der Waals surface area contributed by atoms with E-state index in [2.05, 4.69) is 31.2 Å². The molecule has 1 unspecified atom stereocenters. The van der Waals surface area contributed by atoms with Crippen LogP contribution < -0.4 is 36.5 Å². The normalized spacial score (nSPS) is 18.7. The summed E-state index contributed by atoms with van der Waals surface area (Å²) in [6.45, 7) is 3.46. The number of aromatic nitrogens is 3. The van der Waals surface area contributed by atoms with E-state index >= 15 is 0 Å². The van der Waals surface area contributed by atoms with Crippen molar-refractivity contribution >= 4 is 75.2 Å². The Hall–Kier alpha value is -6.23. The lowest BCUT2D eigenvalue weighted by Gasteiger charge is -2.37. The van der Waals surface area contributed by atoms with Gasteiger partial charge in [0.15, 0.2) is 18.2 Å². The summed E-state index contributed by atoms with van der Waals surface area (Å²) in [5.41, 5.74) is 3.36. The third-order valence-electron chi connectivity index (χ3n) is 12.0. The fraction of sp³-hybridized carbons (Fsp3) is 0.429. The third kappa shape index (κ3) is 8.44. The number of rotatable bonds is 11. The lowest BCUT2D eigenvalue weighted by Crippen LogP contribution is -2.52. The molecule has 4 aliphatic heterocycles. The second kappa shape index (κ2) is 17.2. The van der Waals surface area contributed by atoms with Crippen molar-refractivity contribution in [1.82, 2.24) is 35.0 Å². The molecular formula is C42H47ClN10O7.